The molecule has 0 heterocycles. The van der Waals surface area contributed by atoms with Crippen LogP contribution in [0.5, 0.6) is 0 Å². The molecule has 0 rings (SSSR count). The molecule has 0 aromatic heterocycles. The molecule has 35 heavy (non-hydrogen) atoms. The molecule has 14 nitrogen and oxygen atoms in total. The van der Waals surface area contributed by atoms with Crippen molar-refractivity contribution in [3.8, 4) is 0 Å². The minimum atomic E-state index is -4.43. The number of rotatable bonds is 13. The molecule has 0 saturated carbocycles. The van der Waals surface area contributed by atoms with Gasteiger partial charge in [-0.1, -0.05) is 0 Å². The van der Waals surface area contributed by atoms with Crippen LogP contribution in [0.2, 0.25) is 0 Å². The molecule has 0 aromatic rings. The Morgan fingerprint density at radius 2 is 1.11 bits per heavy atom. The summed E-state index contributed by atoms with van der Waals surface area (Å²) in [6.45, 7) is -1.19. The van der Waals surface area contributed by atoms with Crippen molar-refractivity contribution in [3.05, 3.63) is 0 Å². The summed E-state index contributed by atoms with van der Waals surface area (Å²) in [5, 5.41) is 32.1. The molecule has 0 aliphatic rings. The van der Waals surface area contributed by atoms with E-state index in [1.165, 1.54) is 0 Å². The average molecular weight is 561 g/mol. The highest BCUT2D eigenvalue weighted by Crippen LogP contribution is 2.05. The average Bonchev–Trinajstić information content (AvgIpc) is 2.59. The van der Waals surface area contributed by atoms with Crippen LogP contribution in [0.25, 0.3) is 0 Å². The van der Waals surface area contributed by atoms with Crippen molar-refractivity contribution in [2.24, 2.45) is 0 Å². The Morgan fingerprint density at radius 1 is 0.743 bits per heavy atom. The van der Waals surface area contributed by atoms with Gasteiger partial charge in [-0.15, -0.1) is 0 Å². The summed E-state index contributed by atoms with van der Waals surface area (Å²) in [4.78, 5) is 0. The van der Waals surface area contributed by atoms with E-state index in [9.17, 15) is 25.9 Å². The molecule has 0 aliphatic heterocycles. The van der Waals surface area contributed by atoms with Crippen LogP contribution in [0.3, 0.4) is 0 Å². The van der Waals surface area contributed by atoms with Gasteiger partial charge in [-0.2, -0.15) is 0 Å². The summed E-state index contributed by atoms with van der Waals surface area (Å²) in [6, 6.07) is 0. The third-order valence-corrected chi connectivity index (χ3v) is 4.36. The van der Waals surface area contributed by atoms with Gasteiger partial charge < -0.3 is 48.0 Å². The molecule has 2 unspecified atom stereocenters. The number of ether oxygens (including phenoxy) is 2. The van der Waals surface area contributed by atoms with Gasteiger partial charge in [0.15, 0.2) is 0 Å². The van der Waals surface area contributed by atoms with Crippen LogP contribution in [0.15, 0.2) is 0 Å². The van der Waals surface area contributed by atoms with E-state index >= 15 is 0 Å². The van der Waals surface area contributed by atoms with Crippen molar-refractivity contribution in [1.29, 1.82) is 0 Å². The zero-order valence-corrected chi connectivity index (χ0v) is 23.9. The molecule has 0 amide bonds. The summed E-state index contributed by atoms with van der Waals surface area (Å²) in [5.41, 5.74) is 0. The molecule has 16 heteroatoms. The molecular weight excluding hydrogens is 512 g/mol. The lowest BCUT2D eigenvalue weighted by Gasteiger charge is -2.20. The lowest BCUT2D eigenvalue weighted by Crippen LogP contribution is -2.28. The topological polar surface area (TPSA) is 214 Å². The minimum absolute atomic E-state index is 0.0104. The minimum Gasteiger partial charge on any atom is -0.748 e. The molecule has 0 fully saturated rings. The van der Waals surface area contributed by atoms with E-state index < -0.39 is 43.9 Å². The highest BCUT2D eigenvalue weighted by atomic mass is 32.2. The van der Waals surface area contributed by atoms with E-state index in [2.05, 4.69) is 56.4 Å². The Balaban J connectivity index is -0.000000211. The van der Waals surface area contributed by atoms with Crippen LogP contribution in [0.4, 0.5) is 0 Å². The van der Waals surface area contributed by atoms with Crippen molar-refractivity contribution in [2.45, 2.75) is 17.8 Å². The van der Waals surface area contributed by atoms with Crippen LogP contribution in [0, 0.1) is 0 Å². The summed E-state index contributed by atoms with van der Waals surface area (Å²) in [7, 11) is 8.17. The summed E-state index contributed by atoms with van der Waals surface area (Å²) >= 11 is 0. The fraction of sp³-hybridized carbons (Fsp3) is 1.00. The van der Waals surface area contributed by atoms with Crippen LogP contribution in [0.1, 0.15) is 6.42 Å². The third kappa shape index (κ3) is 60.2. The Bertz CT molecular complexity index is 651. The van der Waals surface area contributed by atoms with Gasteiger partial charge >= 0.3 is 0 Å². The molecule has 0 bridgehead atoms. The first-order valence-corrected chi connectivity index (χ1v) is 13.6. The Hall–Kier alpha value is -0.500. The Labute approximate surface area is 211 Å². The van der Waals surface area contributed by atoms with Crippen molar-refractivity contribution in [3.63, 3.8) is 0 Å². The maximum absolute atomic E-state index is 10.8. The number of aliphatic hydroxyl groups is 4. The highest BCUT2D eigenvalue weighted by molar-refractivity contribution is 7.86. The maximum Gasteiger partial charge on any atom is 0.0999 e. The Kier molecular flexibility index (Phi) is 25.7. The van der Waals surface area contributed by atoms with Gasteiger partial charge in [0.2, 0.25) is 0 Å². The van der Waals surface area contributed by atoms with Crippen LogP contribution < -0.4 is 0 Å². The fourth-order valence-electron chi connectivity index (χ4n) is 1.26. The van der Waals surface area contributed by atoms with Crippen LogP contribution in [-0.4, -0.2) is 175 Å². The first-order valence-electron chi connectivity index (χ1n) is 10.6. The number of quaternary nitrogens is 2. The molecular formula is C19H48N2O12S2. The van der Waals surface area contributed by atoms with Gasteiger partial charge in [0.1, 0.15) is 0 Å². The van der Waals surface area contributed by atoms with E-state index in [-0.39, 0.29) is 46.1 Å². The second-order valence-electron chi connectivity index (χ2n) is 9.97. The third-order valence-electron chi connectivity index (χ3n) is 2.37. The second-order valence-corrected chi connectivity index (χ2v) is 13.1. The van der Waals surface area contributed by atoms with Gasteiger partial charge in [-0.25, -0.2) is 16.8 Å². The normalized spacial score (nSPS) is 13.8. The fourth-order valence-corrected chi connectivity index (χ4v) is 2.48. The predicted octanol–water partition coefficient (Wildman–Crippen LogP) is -3.16. The number of aliphatic hydroxyl groups excluding tert-OH is 4. The van der Waals surface area contributed by atoms with Crippen molar-refractivity contribution >= 4 is 20.2 Å². The van der Waals surface area contributed by atoms with Gasteiger partial charge in [-0.05, 0) is 6.42 Å². The largest absolute Gasteiger partial charge is 0.748 e. The molecule has 0 spiro atoms. The van der Waals surface area contributed by atoms with Gasteiger partial charge in [0.05, 0.1) is 133 Å². The van der Waals surface area contributed by atoms with Crippen molar-refractivity contribution in [1.82, 2.24) is 0 Å². The SMILES string of the molecule is C[N+](C)(C)C.C[N+](C)(C)C.O=S(=O)([O-])C(CCOCCO)COCCO.O=S(=O)([O-])CC(O)CO. The van der Waals surface area contributed by atoms with Gasteiger partial charge in [0.25, 0.3) is 0 Å². The zero-order valence-electron chi connectivity index (χ0n) is 22.3. The van der Waals surface area contributed by atoms with Crippen LogP contribution in [-0.2, 0) is 29.7 Å². The molecule has 218 valence electrons. The first kappa shape index (κ1) is 41.6. The summed E-state index contributed by atoms with van der Waals surface area (Å²) in [6.07, 6.45) is -1.44. The highest BCUT2D eigenvalue weighted by Gasteiger charge is 2.16. The van der Waals surface area contributed by atoms with Crippen molar-refractivity contribution in [2.75, 3.05) is 108 Å². The van der Waals surface area contributed by atoms with Crippen molar-refractivity contribution < 1.29 is 64.8 Å². The molecule has 2 atom stereocenters. The second kappa shape index (κ2) is 21.6. The summed E-state index contributed by atoms with van der Waals surface area (Å²) < 4.78 is 73.3. The first-order chi connectivity index (χ1) is 15.5. The van der Waals surface area contributed by atoms with E-state index in [1.807, 2.05) is 0 Å². The quantitative estimate of drug-likeness (QED) is 0.0998. The lowest BCUT2D eigenvalue weighted by molar-refractivity contribution is -0.849. The number of hydrogen-bond donors (Lipinski definition) is 4. The zero-order chi connectivity index (χ0) is 28.9. The van der Waals surface area contributed by atoms with E-state index in [0.717, 1.165) is 8.97 Å². The molecule has 0 saturated heterocycles. The molecule has 0 aliphatic carbocycles. The van der Waals surface area contributed by atoms with Crippen LogP contribution >= 0.6 is 0 Å². The van der Waals surface area contributed by atoms with E-state index in [4.69, 9.17) is 29.9 Å². The number of hydrogen-bond acceptors (Lipinski definition) is 12. The standard InChI is InChI=1S/C8H18O7S.2C4H12N.C3H8O5S/c9-2-5-14-4-1-8(16(11,12)13)7-15-6-3-10;2*1-5(2,3)4;4-1-3(5)2-9(6,7)8/h8-10H,1-7H2,(H,11,12,13);2*1-4H3;3-5H,1-2H2,(H,6,7,8)/q;2*+1;/p-2. The number of nitrogens with zero attached hydrogens (tertiary/aromatic N) is 2. The lowest BCUT2D eigenvalue weighted by atomic mass is 10.3. The van der Waals surface area contributed by atoms with E-state index in [1.54, 1.807) is 0 Å². The van der Waals surface area contributed by atoms with Gasteiger partial charge in [-0.3, -0.25) is 0 Å². The smallest absolute Gasteiger partial charge is 0.0999 e. The van der Waals surface area contributed by atoms with Gasteiger partial charge in [0, 0.05) is 6.61 Å². The van der Waals surface area contributed by atoms with E-state index in [0.29, 0.717) is 0 Å². The Morgan fingerprint density at radius 3 is 1.37 bits per heavy atom. The summed E-state index contributed by atoms with van der Waals surface area (Å²) in [5.74, 6) is -0.927. The molecule has 4 N–H and O–H groups in total. The molecule has 0 aromatic carbocycles. The predicted molar refractivity (Wildman–Crippen MR) is 129 cm³/mol. The maximum atomic E-state index is 10.8. The monoisotopic (exact) mass is 560 g/mol. The molecule has 0 radical (unpaired) electrons.